The summed E-state index contributed by atoms with van der Waals surface area (Å²) in [6, 6.07) is 7.43. The average molecular weight is 263 g/mol. The summed E-state index contributed by atoms with van der Waals surface area (Å²) in [5.41, 5.74) is 1.68. The summed E-state index contributed by atoms with van der Waals surface area (Å²) >= 11 is 0. The molecule has 0 saturated carbocycles. The van der Waals surface area contributed by atoms with Crippen LogP contribution in [0.5, 0.6) is 0 Å². The zero-order chi connectivity index (χ0) is 14.5. The number of ether oxygens (including phenoxy) is 1. The molecule has 0 aliphatic carbocycles. The predicted molar refractivity (Wildman–Crippen MR) is 74.8 cm³/mol. The molecule has 0 heterocycles. The van der Waals surface area contributed by atoms with Gasteiger partial charge in [-0.1, -0.05) is 38.5 Å². The van der Waals surface area contributed by atoms with E-state index >= 15 is 0 Å². The molecule has 1 rings (SSSR count). The van der Waals surface area contributed by atoms with Gasteiger partial charge in [-0.3, -0.25) is 9.59 Å². The standard InChI is InChI=1S/C15H21NO3/c1-11-5-7-12(8-6-11)16-13(17)10-19-14(18)9-15(2,3)4/h5-8H,9-10H2,1-4H3,(H,16,17). The van der Waals surface area contributed by atoms with Crippen LogP contribution in [0.2, 0.25) is 0 Å². The van der Waals surface area contributed by atoms with E-state index in [-0.39, 0.29) is 23.9 Å². The number of carbonyl (C=O) groups is 2. The number of benzene rings is 1. The first kappa shape index (κ1) is 15.2. The number of hydrogen-bond acceptors (Lipinski definition) is 3. The van der Waals surface area contributed by atoms with Gasteiger partial charge in [0.1, 0.15) is 0 Å². The molecule has 0 aliphatic heterocycles. The number of anilines is 1. The molecule has 0 fully saturated rings. The molecule has 1 N–H and O–H groups in total. The Hall–Kier alpha value is -1.84. The molecule has 0 bridgehead atoms. The SMILES string of the molecule is Cc1ccc(NC(=O)COC(=O)CC(C)(C)C)cc1. The monoisotopic (exact) mass is 263 g/mol. The lowest BCUT2D eigenvalue weighted by Crippen LogP contribution is -2.23. The van der Waals surface area contributed by atoms with E-state index in [9.17, 15) is 9.59 Å². The molecule has 4 nitrogen and oxygen atoms in total. The average Bonchev–Trinajstić information content (AvgIpc) is 2.27. The topological polar surface area (TPSA) is 55.4 Å². The Kier molecular flexibility index (Phi) is 5.10. The Morgan fingerprint density at radius 2 is 1.74 bits per heavy atom. The van der Waals surface area contributed by atoms with E-state index in [1.165, 1.54) is 0 Å². The van der Waals surface area contributed by atoms with Gasteiger partial charge in [-0.05, 0) is 24.5 Å². The summed E-state index contributed by atoms with van der Waals surface area (Å²) in [5.74, 6) is -0.683. The normalized spacial score (nSPS) is 10.9. The number of esters is 1. The third-order valence-corrected chi connectivity index (χ3v) is 2.37. The first-order valence-corrected chi connectivity index (χ1v) is 6.28. The minimum atomic E-state index is -0.355. The fourth-order valence-electron chi connectivity index (χ4n) is 1.46. The third kappa shape index (κ3) is 6.60. The maximum atomic E-state index is 11.6. The van der Waals surface area contributed by atoms with Crippen LogP contribution in [0.3, 0.4) is 0 Å². The van der Waals surface area contributed by atoms with Crippen molar-refractivity contribution in [3.63, 3.8) is 0 Å². The molecule has 0 radical (unpaired) electrons. The van der Waals surface area contributed by atoms with Gasteiger partial charge in [0.05, 0.1) is 6.42 Å². The van der Waals surface area contributed by atoms with E-state index in [2.05, 4.69) is 5.32 Å². The second-order valence-corrected chi connectivity index (χ2v) is 5.81. The van der Waals surface area contributed by atoms with Crippen molar-refractivity contribution in [1.82, 2.24) is 0 Å². The van der Waals surface area contributed by atoms with Crippen LogP contribution in [0, 0.1) is 12.3 Å². The van der Waals surface area contributed by atoms with E-state index in [1.807, 2.05) is 52.0 Å². The third-order valence-electron chi connectivity index (χ3n) is 2.37. The molecule has 0 saturated heterocycles. The van der Waals surface area contributed by atoms with Gasteiger partial charge in [-0.25, -0.2) is 0 Å². The van der Waals surface area contributed by atoms with Crippen LogP contribution >= 0.6 is 0 Å². The van der Waals surface area contributed by atoms with Crippen molar-refractivity contribution in [2.24, 2.45) is 5.41 Å². The van der Waals surface area contributed by atoms with Crippen LogP contribution in [0.15, 0.2) is 24.3 Å². The lowest BCUT2D eigenvalue weighted by molar-refractivity contribution is -0.149. The highest BCUT2D eigenvalue weighted by molar-refractivity contribution is 5.92. The summed E-state index contributed by atoms with van der Waals surface area (Å²) in [5, 5.41) is 2.67. The second-order valence-electron chi connectivity index (χ2n) is 5.81. The van der Waals surface area contributed by atoms with E-state index in [1.54, 1.807) is 0 Å². The Morgan fingerprint density at radius 1 is 1.16 bits per heavy atom. The predicted octanol–water partition coefficient (Wildman–Crippen LogP) is 2.91. The van der Waals surface area contributed by atoms with E-state index in [4.69, 9.17) is 4.74 Å². The molecule has 19 heavy (non-hydrogen) atoms. The summed E-state index contributed by atoms with van der Waals surface area (Å²) < 4.78 is 4.92. The first-order chi connectivity index (χ1) is 8.76. The quantitative estimate of drug-likeness (QED) is 0.850. The Bertz CT molecular complexity index is 443. The Labute approximate surface area is 114 Å². The molecule has 1 aromatic carbocycles. The molecule has 0 spiro atoms. The maximum absolute atomic E-state index is 11.6. The van der Waals surface area contributed by atoms with Crippen LogP contribution in [0.4, 0.5) is 5.69 Å². The molecular weight excluding hydrogens is 242 g/mol. The molecule has 0 aliphatic rings. The largest absolute Gasteiger partial charge is 0.456 e. The molecule has 1 aromatic rings. The van der Waals surface area contributed by atoms with Gasteiger partial charge in [0.2, 0.25) is 0 Å². The van der Waals surface area contributed by atoms with Crippen molar-refractivity contribution in [3.8, 4) is 0 Å². The number of amides is 1. The van der Waals surface area contributed by atoms with Crippen LogP contribution in [0.25, 0.3) is 0 Å². The lowest BCUT2D eigenvalue weighted by atomic mass is 9.93. The number of nitrogens with one attached hydrogen (secondary N) is 1. The maximum Gasteiger partial charge on any atom is 0.306 e. The van der Waals surface area contributed by atoms with Gasteiger partial charge in [0, 0.05) is 5.69 Å². The fraction of sp³-hybridized carbons (Fsp3) is 0.467. The van der Waals surface area contributed by atoms with E-state index in [0.29, 0.717) is 12.1 Å². The molecule has 0 unspecified atom stereocenters. The Morgan fingerprint density at radius 3 is 2.26 bits per heavy atom. The Balaban J connectivity index is 2.36. The van der Waals surface area contributed by atoms with Gasteiger partial charge in [0.25, 0.3) is 5.91 Å². The number of hydrogen-bond donors (Lipinski definition) is 1. The smallest absolute Gasteiger partial charge is 0.306 e. The summed E-state index contributed by atoms with van der Waals surface area (Å²) in [7, 11) is 0. The number of aryl methyl sites for hydroxylation is 1. The van der Waals surface area contributed by atoms with Crippen molar-refractivity contribution < 1.29 is 14.3 Å². The van der Waals surface area contributed by atoms with Gasteiger partial charge in [0.15, 0.2) is 6.61 Å². The van der Waals surface area contributed by atoms with Gasteiger partial charge in [-0.2, -0.15) is 0 Å². The van der Waals surface area contributed by atoms with Crippen LogP contribution in [-0.2, 0) is 14.3 Å². The first-order valence-electron chi connectivity index (χ1n) is 6.28. The van der Waals surface area contributed by atoms with Gasteiger partial charge < -0.3 is 10.1 Å². The minimum Gasteiger partial charge on any atom is -0.456 e. The van der Waals surface area contributed by atoms with Crippen molar-refractivity contribution in [2.75, 3.05) is 11.9 Å². The second kappa shape index (κ2) is 6.36. The highest BCUT2D eigenvalue weighted by Crippen LogP contribution is 2.18. The zero-order valence-electron chi connectivity index (χ0n) is 11.9. The van der Waals surface area contributed by atoms with Gasteiger partial charge in [-0.15, -0.1) is 0 Å². The number of carbonyl (C=O) groups excluding carboxylic acids is 2. The van der Waals surface area contributed by atoms with Crippen LogP contribution in [0.1, 0.15) is 32.8 Å². The zero-order valence-corrected chi connectivity index (χ0v) is 11.9. The molecule has 0 atom stereocenters. The van der Waals surface area contributed by atoms with E-state index in [0.717, 1.165) is 5.56 Å². The minimum absolute atomic E-state index is 0.134. The highest BCUT2D eigenvalue weighted by atomic mass is 16.5. The van der Waals surface area contributed by atoms with E-state index < -0.39 is 0 Å². The van der Waals surface area contributed by atoms with Crippen molar-refractivity contribution in [3.05, 3.63) is 29.8 Å². The number of rotatable bonds is 4. The van der Waals surface area contributed by atoms with Crippen molar-refractivity contribution in [1.29, 1.82) is 0 Å². The van der Waals surface area contributed by atoms with Crippen molar-refractivity contribution in [2.45, 2.75) is 34.1 Å². The summed E-state index contributed by atoms with van der Waals surface area (Å²) in [6.45, 7) is 7.56. The molecule has 4 heteroatoms. The van der Waals surface area contributed by atoms with Gasteiger partial charge >= 0.3 is 5.97 Å². The molecule has 1 amide bonds. The fourth-order valence-corrected chi connectivity index (χ4v) is 1.46. The highest BCUT2D eigenvalue weighted by Gasteiger charge is 2.17. The van der Waals surface area contributed by atoms with Crippen LogP contribution < -0.4 is 5.32 Å². The summed E-state index contributed by atoms with van der Waals surface area (Å²) in [4.78, 5) is 23.0. The lowest BCUT2D eigenvalue weighted by Gasteiger charge is -2.16. The van der Waals surface area contributed by atoms with Crippen LogP contribution in [-0.4, -0.2) is 18.5 Å². The van der Waals surface area contributed by atoms with Crippen molar-refractivity contribution >= 4 is 17.6 Å². The summed E-state index contributed by atoms with van der Waals surface area (Å²) in [6.07, 6.45) is 0.296. The molecule has 104 valence electrons. The molecule has 0 aromatic heterocycles. The molecular formula is C15H21NO3.